The third-order valence-electron chi connectivity index (χ3n) is 5.68. The summed E-state index contributed by atoms with van der Waals surface area (Å²) in [5.74, 6) is 0.518. The Labute approximate surface area is 189 Å². The van der Waals surface area contributed by atoms with Gasteiger partial charge < -0.3 is 14.5 Å². The van der Waals surface area contributed by atoms with Gasteiger partial charge in [0, 0.05) is 45.5 Å². The lowest BCUT2D eigenvalue weighted by Gasteiger charge is -2.34. The van der Waals surface area contributed by atoms with E-state index in [1.165, 1.54) is 10.5 Å². The van der Waals surface area contributed by atoms with Crippen molar-refractivity contribution in [3.8, 4) is 0 Å². The van der Waals surface area contributed by atoms with E-state index in [1.54, 1.807) is 17.0 Å². The lowest BCUT2D eigenvalue weighted by molar-refractivity contribution is -0.137. The van der Waals surface area contributed by atoms with Crippen molar-refractivity contribution in [3.05, 3.63) is 53.7 Å². The molecule has 0 saturated carbocycles. The molecule has 2 fully saturated rings. The fraction of sp³-hybridized carbons (Fsp3) is 0.429. The quantitative estimate of drug-likeness (QED) is 0.661. The monoisotopic (exact) mass is 484 g/mol. The minimum Gasteiger partial charge on any atom is -0.378 e. The molecule has 3 heterocycles. The van der Waals surface area contributed by atoms with E-state index in [9.17, 15) is 26.4 Å². The van der Waals surface area contributed by atoms with Crippen molar-refractivity contribution < 1.29 is 31.1 Å². The van der Waals surface area contributed by atoms with E-state index in [2.05, 4.69) is 9.88 Å². The van der Waals surface area contributed by atoms with Crippen molar-refractivity contribution in [1.82, 2.24) is 14.2 Å². The molecule has 2 aliphatic heterocycles. The first-order valence-electron chi connectivity index (χ1n) is 10.4. The van der Waals surface area contributed by atoms with Gasteiger partial charge in [-0.05, 0) is 36.4 Å². The number of pyridine rings is 1. The number of carbonyl (C=O) groups is 1. The minimum absolute atomic E-state index is 0.0500. The van der Waals surface area contributed by atoms with Crippen molar-refractivity contribution in [1.29, 1.82) is 0 Å². The fourth-order valence-corrected chi connectivity index (χ4v) is 5.19. The lowest BCUT2D eigenvalue weighted by atomic mass is 10.2. The van der Waals surface area contributed by atoms with Crippen LogP contribution < -0.4 is 4.90 Å². The highest BCUT2D eigenvalue weighted by atomic mass is 32.2. The number of alkyl halides is 3. The molecule has 4 rings (SSSR count). The minimum atomic E-state index is -4.54. The maximum atomic E-state index is 12.8. The van der Waals surface area contributed by atoms with Crippen molar-refractivity contribution in [2.45, 2.75) is 11.1 Å². The summed E-state index contributed by atoms with van der Waals surface area (Å²) in [5, 5.41) is 0. The molecule has 0 spiro atoms. The summed E-state index contributed by atoms with van der Waals surface area (Å²) < 4.78 is 70.3. The van der Waals surface area contributed by atoms with Gasteiger partial charge in [0.05, 0.1) is 29.2 Å². The van der Waals surface area contributed by atoms with Gasteiger partial charge in [0.25, 0.3) is 5.91 Å². The first-order valence-corrected chi connectivity index (χ1v) is 11.9. The Morgan fingerprint density at radius 3 is 2.09 bits per heavy atom. The molecular formula is C21H23F3N4O4S. The van der Waals surface area contributed by atoms with Crippen LogP contribution >= 0.6 is 0 Å². The molecule has 0 aliphatic carbocycles. The van der Waals surface area contributed by atoms with E-state index in [-0.39, 0.29) is 37.0 Å². The smallest absolute Gasteiger partial charge is 0.378 e. The van der Waals surface area contributed by atoms with Crippen molar-refractivity contribution in [2.24, 2.45) is 0 Å². The number of hydrogen-bond acceptors (Lipinski definition) is 6. The molecule has 178 valence electrons. The third-order valence-corrected chi connectivity index (χ3v) is 7.59. The molecule has 0 N–H and O–H groups in total. The molecule has 0 radical (unpaired) electrons. The van der Waals surface area contributed by atoms with Crippen LogP contribution in [0.3, 0.4) is 0 Å². The van der Waals surface area contributed by atoms with E-state index in [0.717, 1.165) is 43.2 Å². The largest absolute Gasteiger partial charge is 0.416 e. The van der Waals surface area contributed by atoms with Gasteiger partial charge in [-0.25, -0.2) is 13.4 Å². The number of sulfonamides is 1. The van der Waals surface area contributed by atoms with Gasteiger partial charge in [-0.3, -0.25) is 4.79 Å². The maximum absolute atomic E-state index is 12.8. The number of ether oxygens (including phenoxy) is 1. The zero-order valence-corrected chi connectivity index (χ0v) is 18.5. The number of rotatable bonds is 4. The molecular weight excluding hydrogens is 461 g/mol. The van der Waals surface area contributed by atoms with Gasteiger partial charge in [0.15, 0.2) is 0 Å². The van der Waals surface area contributed by atoms with E-state index in [4.69, 9.17) is 4.74 Å². The summed E-state index contributed by atoms with van der Waals surface area (Å²) in [5.41, 5.74) is -0.504. The van der Waals surface area contributed by atoms with Crippen LogP contribution in [0.15, 0.2) is 47.5 Å². The van der Waals surface area contributed by atoms with Crippen molar-refractivity contribution >= 4 is 21.7 Å². The van der Waals surface area contributed by atoms with Crippen LogP contribution in [0, 0.1) is 0 Å². The predicted octanol–water partition coefficient (Wildman–Crippen LogP) is 2.08. The first-order chi connectivity index (χ1) is 15.7. The Morgan fingerprint density at radius 2 is 1.55 bits per heavy atom. The Balaban J connectivity index is 1.37. The highest BCUT2D eigenvalue weighted by Gasteiger charge is 2.33. The molecule has 1 aromatic carbocycles. The summed E-state index contributed by atoms with van der Waals surface area (Å²) in [6, 6.07) is 6.89. The number of halogens is 3. The third kappa shape index (κ3) is 5.12. The van der Waals surface area contributed by atoms with E-state index in [0.29, 0.717) is 18.8 Å². The van der Waals surface area contributed by atoms with Gasteiger partial charge in [-0.2, -0.15) is 17.5 Å². The molecule has 1 aromatic heterocycles. The number of anilines is 1. The van der Waals surface area contributed by atoms with E-state index >= 15 is 0 Å². The maximum Gasteiger partial charge on any atom is 0.416 e. The number of piperazine rings is 1. The molecule has 0 unspecified atom stereocenters. The Morgan fingerprint density at radius 1 is 0.909 bits per heavy atom. The van der Waals surface area contributed by atoms with Crippen LogP contribution in [0.5, 0.6) is 0 Å². The van der Waals surface area contributed by atoms with Crippen LogP contribution in [0.25, 0.3) is 0 Å². The predicted molar refractivity (Wildman–Crippen MR) is 113 cm³/mol. The molecule has 8 nitrogen and oxygen atoms in total. The lowest BCUT2D eigenvalue weighted by Crippen LogP contribution is -2.50. The van der Waals surface area contributed by atoms with Crippen LogP contribution in [0.1, 0.15) is 15.9 Å². The van der Waals surface area contributed by atoms with Gasteiger partial charge in [0.1, 0.15) is 5.82 Å². The molecule has 2 aromatic rings. The molecule has 0 bridgehead atoms. The standard InChI is InChI=1S/C21H23F3N4O4S/c22-21(23,24)17-2-4-18(5-3-17)33(30,31)28-9-7-27(8-10-28)20(29)16-1-6-19(25-15-16)26-11-13-32-14-12-26/h1-6,15H,7-14H2. The molecule has 1 amide bonds. The van der Waals surface area contributed by atoms with E-state index < -0.39 is 21.8 Å². The SMILES string of the molecule is O=C(c1ccc(N2CCOCC2)nc1)N1CCN(S(=O)(=O)c2ccc(C(F)(F)F)cc2)CC1. The molecule has 2 saturated heterocycles. The highest BCUT2D eigenvalue weighted by Crippen LogP contribution is 2.30. The Bertz CT molecular complexity index is 1080. The average Bonchev–Trinajstić information content (AvgIpc) is 2.84. The summed E-state index contributed by atoms with van der Waals surface area (Å²) in [7, 11) is -3.96. The summed E-state index contributed by atoms with van der Waals surface area (Å²) in [6.07, 6.45) is -3.03. The van der Waals surface area contributed by atoms with Crippen LogP contribution in [-0.2, 0) is 20.9 Å². The Hall–Kier alpha value is -2.70. The Kier molecular flexibility index (Phi) is 6.59. The molecule has 33 heavy (non-hydrogen) atoms. The fourth-order valence-electron chi connectivity index (χ4n) is 3.77. The van der Waals surface area contributed by atoms with Gasteiger partial charge in [0.2, 0.25) is 10.0 Å². The topological polar surface area (TPSA) is 83.1 Å². The number of amides is 1. The highest BCUT2D eigenvalue weighted by molar-refractivity contribution is 7.89. The van der Waals surface area contributed by atoms with Gasteiger partial charge in [-0.1, -0.05) is 0 Å². The van der Waals surface area contributed by atoms with E-state index in [1.807, 2.05) is 0 Å². The zero-order valence-electron chi connectivity index (χ0n) is 17.7. The second-order valence-electron chi connectivity index (χ2n) is 7.72. The number of hydrogen-bond donors (Lipinski definition) is 0. The molecule has 12 heteroatoms. The number of aromatic nitrogens is 1. The second kappa shape index (κ2) is 9.27. The second-order valence-corrected chi connectivity index (χ2v) is 9.66. The van der Waals surface area contributed by atoms with Crippen molar-refractivity contribution in [2.75, 3.05) is 57.4 Å². The number of morpholine rings is 1. The molecule has 0 atom stereocenters. The van der Waals surface area contributed by atoms with Crippen LogP contribution in [0.4, 0.5) is 19.0 Å². The van der Waals surface area contributed by atoms with Gasteiger partial charge >= 0.3 is 6.18 Å². The normalized spacial score (nSPS) is 18.4. The number of benzene rings is 1. The zero-order chi connectivity index (χ0) is 23.6. The molecule has 2 aliphatic rings. The van der Waals surface area contributed by atoms with Crippen LogP contribution in [0.2, 0.25) is 0 Å². The summed E-state index contributed by atoms with van der Waals surface area (Å²) >= 11 is 0. The van der Waals surface area contributed by atoms with Gasteiger partial charge in [-0.15, -0.1) is 0 Å². The average molecular weight is 485 g/mol. The van der Waals surface area contributed by atoms with Crippen molar-refractivity contribution in [3.63, 3.8) is 0 Å². The first kappa shape index (κ1) is 23.5. The van der Waals surface area contributed by atoms with Crippen LogP contribution in [-0.4, -0.2) is 81.0 Å². The summed E-state index contributed by atoms with van der Waals surface area (Å²) in [6.45, 7) is 3.16. The number of carbonyl (C=O) groups excluding carboxylic acids is 1. The summed E-state index contributed by atoms with van der Waals surface area (Å²) in [4.78, 5) is 20.6. The number of nitrogens with zero attached hydrogens (tertiary/aromatic N) is 4.